The lowest BCUT2D eigenvalue weighted by Gasteiger charge is -2.18. The third-order valence-corrected chi connectivity index (χ3v) is 5.20. The van der Waals surface area contributed by atoms with Gasteiger partial charge in [-0.15, -0.1) is 0 Å². The maximum Gasteiger partial charge on any atom is 0.340 e. The summed E-state index contributed by atoms with van der Waals surface area (Å²) in [7, 11) is 0. The molecule has 6 heteroatoms. The van der Waals surface area contributed by atoms with Crippen molar-refractivity contribution in [1.29, 1.82) is 0 Å². The maximum atomic E-state index is 13.3. The zero-order valence-electron chi connectivity index (χ0n) is 16.7. The second-order valence-corrected chi connectivity index (χ2v) is 7.53. The van der Waals surface area contributed by atoms with Crippen LogP contribution in [0.2, 0.25) is 0 Å². The van der Waals surface area contributed by atoms with Crippen LogP contribution in [0.4, 0.5) is 0 Å². The number of benzene rings is 2. The second kappa shape index (κ2) is 8.07. The van der Waals surface area contributed by atoms with E-state index in [9.17, 15) is 9.59 Å². The molecule has 0 saturated heterocycles. The van der Waals surface area contributed by atoms with Gasteiger partial charge in [-0.2, -0.15) is 0 Å². The van der Waals surface area contributed by atoms with E-state index in [4.69, 9.17) is 9.15 Å². The number of carbonyl (C=O) groups is 2. The molecule has 0 bridgehead atoms. The lowest BCUT2D eigenvalue weighted by atomic mass is 10.1. The first kappa shape index (κ1) is 19.1. The van der Waals surface area contributed by atoms with Gasteiger partial charge in [-0.25, -0.2) is 9.78 Å². The number of esters is 1. The van der Waals surface area contributed by atoms with E-state index in [1.54, 1.807) is 36.6 Å². The molecule has 1 unspecified atom stereocenters. The van der Waals surface area contributed by atoms with Gasteiger partial charge in [0.05, 0.1) is 17.3 Å². The molecule has 2 heterocycles. The Kier molecular flexibility index (Phi) is 4.96. The number of amides is 1. The average Bonchev–Trinajstić information content (AvgIpc) is 3.44. The first-order valence-electron chi connectivity index (χ1n) is 10.2. The summed E-state index contributed by atoms with van der Waals surface area (Å²) in [4.78, 5) is 30.8. The zero-order valence-corrected chi connectivity index (χ0v) is 16.7. The Morgan fingerprint density at radius 3 is 2.52 bits per heavy atom. The summed E-state index contributed by atoms with van der Waals surface area (Å²) in [5.74, 6) is -0.358. The predicted octanol–water partition coefficient (Wildman–Crippen LogP) is 4.67. The van der Waals surface area contributed by atoms with Gasteiger partial charge in [-0.3, -0.25) is 4.79 Å². The molecule has 1 fully saturated rings. The van der Waals surface area contributed by atoms with Crippen LogP contribution in [0.3, 0.4) is 0 Å². The molecule has 2 aromatic heterocycles. The highest BCUT2D eigenvalue weighted by molar-refractivity contribution is 6.05. The summed E-state index contributed by atoms with van der Waals surface area (Å²) >= 11 is 0. The normalized spacial score (nSPS) is 14.2. The van der Waals surface area contributed by atoms with Crippen molar-refractivity contribution in [2.45, 2.75) is 25.0 Å². The Morgan fingerprint density at radius 1 is 1.00 bits per heavy atom. The number of hydrogen-bond acceptors (Lipinski definition) is 5. The van der Waals surface area contributed by atoms with Crippen LogP contribution in [0, 0.1) is 0 Å². The smallest absolute Gasteiger partial charge is 0.340 e. The first-order chi connectivity index (χ1) is 15.2. The van der Waals surface area contributed by atoms with E-state index in [1.807, 2.05) is 42.5 Å². The quantitative estimate of drug-likeness (QED) is 0.466. The minimum Gasteiger partial charge on any atom is -0.463 e. The number of pyridine rings is 1. The molecule has 1 saturated carbocycles. The summed E-state index contributed by atoms with van der Waals surface area (Å²) < 4.78 is 11.2. The lowest BCUT2D eigenvalue weighted by molar-refractivity contribution is -0.130. The van der Waals surface area contributed by atoms with E-state index < -0.39 is 12.1 Å². The Morgan fingerprint density at radius 2 is 1.77 bits per heavy atom. The van der Waals surface area contributed by atoms with Gasteiger partial charge in [0.25, 0.3) is 5.91 Å². The summed E-state index contributed by atoms with van der Waals surface area (Å²) in [6.45, 7) is 0. The van der Waals surface area contributed by atoms with E-state index in [0.717, 1.165) is 12.8 Å². The Labute approximate surface area is 178 Å². The third-order valence-electron chi connectivity index (χ3n) is 5.20. The van der Waals surface area contributed by atoms with Crippen LogP contribution in [0.1, 0.15) is 34.9 Å². The molecule has 0 spiro atoms. The number of rotatable bonds is 6. The maximum absolute atomic E-state index is 13.3. The van der Waals surface area contributed by atoms with E-state index >= 15 is 0 Å². The molecular formula is C25H20N2O4. The minimum atomic E-state index is -1.03. The zero-order chi connectivity index (χ0) is 21.2. The fourth-order valence-electron chi connectivity index (χ4n) is 3.47. The molecule has 1 aliphatic carbocycles. The molecule has 154 valence electrons. The molecule has 1 atom stereocenters. The van der Waals surface area contributed by atoms with Gasteiger partial charge in [0, 0.05) is 17.0 Å². The van der Waals surface area contributed by atoms with Crippen molar-refractivity contribution in [3.63, 3.8) is 0 Å². The van der Waals surface area contributed by atoms with Crippen molar-refractivity contribution in [1.82, 2.24) is 10.3 Å². The molecule has 1 aliphatic rings. The van der Waals surface area contributed by atoms with Gasteiger partial charge >= 0.3 is 5.97 Å². The predicted molar refractivity (Wildman–Crippen MR) is 115 cm³/mol. The molecule has 5 rings (SSSR count). The molecular weight excluding hydrogens is 392 g/mol. The van der Waals surface area contributed by atoms with Crippen molar-refractivity contribution in [2.24, 2.45) is 0 Å². The number of hydrogen-bond donors (Lipinski definition) is 1. The van der Waals surface area contributed by atoms with Crippen LogP contribution in [-0.2, 0) is 9.53 Å². The molecule has 31 heavy (non-hydrogen) atoms. The highest BCUT2D eigenvalue weighted by Gasteiger charge is 2.31. The highest BCUT2D eigenvalue weighted by Crippen LogP contribution is 2.28. The van der Waals surface area contributed by atoms with Crippen molar-refractivity contribution in [3.05, 3.63) is 90.2 Å². The summed E-state index contributed by atoms with van der Waals surface area (Å²) in [6.07, 6.45) is 2.41. The van der Waals surface area contributed by atoms with Gasteiger partial charge in [-0.1, -0.05) is 48.5 Å². The van der Waals surface area contributed by atoms with E-state index in [2.05, 4.69) is 10.3 Å². The Balaban J connectivity index is 1.52. The molecule has 0 radical (unpaired) electrons. The largest absolute Gasteiger partial charge is 0.463 e. The fourth-order valence-corrected chi connectivity index (χ4v) is 3.47. The molecule has 2 aromatic carbocycles. The topological polar surface area (TPSA) is 81.4 Å². The molecule has 1 amide bonds. The number of para-hydroxylation sites is 1. The van der Waals surface area contributed by atoms with Crippen LogP contribution in [0.5, 0.6) is 0 Å². The van der Waals surface area contributed by atoms with Crippen LogP contribution < -0.4 is 5.32 Å². The van der Waals surface area contributed by atoms with Crippen LogP contribution in [0.15, 0.2) is 83.5 Å². The Bertz CT molecular complexity index is 1230. The number of fused-ring (bicyclic) bond motifs is 1. The SMILES string of the molecule is O=C(OC(C(=O)NC1CC1)c1ccccc1)c1cc(-c2ccco2)nc2ccccc12. The Hall–Kier alpha value is -3.93. The van der Waals surface area contributed by atoms with Crippen molar-refractivity contribution >= 4 is 22.8 Å². The van der Waals surface area contributed by atoms with E-state index in [-0.39, 0.29) is 11.9 Å². The molecule has 1 N–H and O–H groups in total. The van der Waals surface area contributed by atoms with E-state index in [1.165, 1.54) is 0 Å². The van der Waals surface area contributed by atoms with Crippen molar-refractivity contribution in [3.8, 4) is 11.5 Å². The summed E-state index contributed by atoms with van der Waals surface area (Å²) in [5, 5.41) is 3.59. The first-order valence-corrected chi connectivity index (χ1v) is 10.2. The summed E-state index contributed by atoms with van der Waals surface area (Å²) in [5.41, 5.74) is 2.12. The average molecular weight is 412 g/mol. The number of furan rings is 1. The number of nitrogens with one attached hydrogen (secondary N) is 1. The van der Waals surface area contributed by atoms with Gasteiger partial charge in [0.15, 0.2) is 5.76 Å². The molecule has 4 aromatic rings. The monoisotopic (exact) mass is 412 g/mol. The number of aromatic nitrogens is 1. The molecule has 0 aliphatic heterocycles. The number of ether oxygens (including phenoxy) is 1. The van der Waals surface area contributed by atoms with Crippen LogP contribution in [0.25, 0.3) is 22.4 Å². The fraction of sp³-hybridized carbons (Fsp3) is 0.160. The van der Waals surface area contributed by atoms with Crippen LogP contribution in [-0.4, -0.2) is 22.9 Å². The third kappa shape index (κ3) is 4.05. The number of nitrogens with zero attached hydrogens (tertiary/aromatic N) is 1. The summed E-state index contributed by atoms with van der Waals surface area (Å²) in [6, 6.07) is 21.7. The highest BCUT2D eigenvalue weighted by atomic mass is 16.5. The van der Waals surface area contributed by atoms with Gasteiger partial charge < -0.3 is 14.5 Å². The van der Waals surface area contributed by atoms with E-state index in [0.29, 0.717) is 33.5 Å². The van der Waals surface area contributed by atoms with Crippen molar-refractivity contribution in [2.75, 3.05) is 0 Å². The van der Waals surface area contributed by atoms with Gasteiger partial charge in [0.1, 0.15) is 5.69 Å². The lowest BCUT2D eigenvalue weighted by Crippen LogP contribution is -2.33. The van der Waals surface area contributed by atoms with Gasteiger partial charge in [-0.05, 0) is 37.1 Å². The molecule has 6 nitrogen and oxygen atoms in total. The minimum absolute atomic E-state index is 0.157. The van der Waals surface area contributed by atoms with Gasteiger partial charge in [0.2, 0.25) is 6.10 Å². The van der Waals surface area contributed by atoms with Crippen LogP contribution >= 0.6 is 0 Å². The number of carbonyl (C=O) groups excluding carboxylic acids is 2. The standard InChI is InChI=1S/C25H20N2O4/c28-24(26-17-12-13-17)23(16-7-2-1-3-8-16)31-25(29)19-15-21(22-11-6-14-30-22)27-20-10-5-4-9-18(19)20/h1-11,14-15,17,23H,12-13H2,(H,26,28). The second-order valence-electron chi connectivity index (χ2n) is 7.53. The van der Waals surface area contributed by atoms with Crippen molar-refractivity contribution < 1.29 is 18.7 Å².